The highest BCUT2D eigenvalue weighted by Gasteiger charge is 2.28. The molecule has 1 aromatic heterocycles. The summed E-state index contributed by atoms with van der Waals surface area (Å²) in [6.07, 6.45) is 1.49. The Labute approximate surface area is 146 Å². The average molecular weight is 342 g/mol. The van der Waals surface area contributed by atoms with Crippen molar-refractivity contribution in [3.8, 4) is 5.69 Å². The number of aryl methyl sites for hydroxylation is 1. The van der Waals surface area contributed by atoms with Crippen molar-refractivity contribution in [1.29, 1.82) is 0 Å². The minimum absolute atomic E-state index is 0.0926. The first-order valence-corrected chi connectivity index (χ1v) is 8.44. The van der Waals surface area contributed by atoms with Crippen LogP contribution in [0.1, 0.15) is 29.8 Å². The fourth-order valence-corrected chi connectivity index (χ4v) is 3.12. The molecule has 0 bridgehead atoms. The maximum Gasteiger partial charge on any atom is 0.308 e. The summed E-state index contributed by atoms with van der Waals surface area (Å²) in [5, 5.41) is 17.5. The van der Waals surface area contributed by atoms with E-state index in [1.54, 1.807) is 9.58 Å². The number of aliphatic carboxylic acids is 1. The molecule has 132 valence electrons. The molecule has 7 heteroatoms. The molecule has 0 spiro atoms. The molecule has 0 aliphatic carbocycles. The van der Waals surface area contributed by atoms with Gasteiger partial charge in [-0.3, -0.25) is 9.59 Å². The van der Waals surface area contributed by atoms with E-state index in [-0.39, 0.29) is 18.9 Å². The van der Waals surface area contributed by atoms with Gasteiger partial charge in [-0.2, -0.15) is 0 Å². The first-order chi connectivity index (χ1) is 12.0. The van der Waals surface area contributed by atoms with Crippen molar-refractivity contribution in [2.24, 2.45) is 5.92 Å². The van der Waals surface area contributed by atoms with Crippen LogP contribution < -0.4 is 0 Å². The van der Waals surface area contributed by atoms with Crippen LogP contribution in [-0.4, -0.2) is 50.0 Å². The third-order valence-electron chi connectivity index (χ3n) is 4.71. The van der Waals surface area contributed by atoms with Gasteiger partial charge in [-0.1, -0.05) is 22.9 Å². The monoisotopic (exact) mass is 342 g/mol. The smallest absolute Gasteiger partial charge is 0.308 e. The Hall–Kier alpha value is -2.70. The van der Waals surface area contributed by atoms with Crippen LogP contribution in [0.3, 0.4) is 0 Å². The van der Waals surface area contributed by atoms with Crippen LogP contribution in [0.25, 0.3) is 5.69 Å². The maximum atomic E-state index is 12.5. The van der Waals surface area contributed by atoms with Gasteiger partial charge in [-0.15, -0.1) is 5.10 Å². The zero-order valence-corrected chi connectivity index (χ0v) is 14.5. The van der Waals surface area contributed by atoms with Gasteiger partial charge in [0, 0.05) is 13.1 Å². The molecular formula is C18H22N4O3. The Morgan fingerprint density at radius 2 is 1.96 bits per heavy atom. The third kappa shape index (κ3) is 3.70. The van der Waals surface area contributed by atoms with Crippen LogP contribution in [0.2, 0.25) is 0 Å². The molecule has 2 aromatic rings. The van der Waals surface area contributed by atoms with E-state index in [9.17, 15) is 9.59 Å². The number of benzene rings is 1. The topological polar surface area (TPSA) is 88.3 Å². The second-order valence-corrected chi connectivity index (χ2v) is 6.56. The minimum atomic E-state index is -0.834. The molecule has 1 atom stereocenters. The van der Waals surface area contributed by atoms with E-state index < -0.39 is 11.9 Å². The number of carbonyl (C=O) groups is 2. The lowest BCUT2D eigenvalue weighted by Crippen LogP contribution is -2.43. The molecule has 7 nitrogen and oxygen atoms in total. The number of carbonyl (C=O) groups excluding carboxylic acids is 1. The molecule has 1 aliphatic heterocycles. The number of rotatable bonds is 4. The number of carboxylic acid groups (broad SMARTS) is 1. The van der Waals surface area contributed by atoms with Crippen molar-refractivity contribution in [1.82, 2.24) is 19.9 Å². The summed E-state index contributed by atoms with van der Waals surface area (Å²) in [6, 6.07) is 7.93. The lowest BCUT2D eigenvalue weighted by Gasteiger charge is -2.30. The molecule has 1 aliphatic rings. The van der Waals surface area contributed by atoms with Gasteiger partial charge in [-0.05, 0) is 38.8 Å². The van der Waals surface area contributed by atoms with Crippen molar-refractivity contribution in [3.05, 3.63) is 41.2 Å². The predicted octanol–water partition coefficient (Wildman–Crippen LogP) is 1.75. The van der Waals surface area contributed by atoms with Crippen LogP contribution in [0, 0.1) is 19.8 Å². The molecule has 3 rings (SSSR count). The zero-order valence-electron chi connectivity index (χ0n) is 14.5. The molecule has 25 heavy (non-hydrogen) atoms. The number of hydrogen-bond donors (Lipinski definition) is 1. The van der Waals surface area contributed by atoms with Gasteiger partial charge in [-0.25, -0.2) is 4.68 Å². The number of nitrogens with zero attached hydrogens (tertiary/aromatic N) is 4. The number of likely N-dealkylation sites (tertiary alicyclic amines) is 1. The third-order valence-corrected chi connectivity index (χ3v) is 4.71. The number of amides is 1. The Bertz CT molecular complexity index is 782. The van der Waals surface area contributed by atoms with Crippen LogP contribution in [-0.2, 0) is 16.0 Å². The molecule has 2 heterocycles. The zero-order chi connectivity index (χ0) is 18.0. The fraction of sp³-hybridized carbons (Fsp3) is 0.444. The van der Waals surface area contributed by atoms with Crippen molar-refractivity contribution >= 4 is 11.9 Å². The SMILES string of the molecule is Cc1ccc(-n2nnc(CC(=O)N3CCCC(C(=O)O)C3)c2C)cc1. The van der Waals surface area contributed by atoms with Crippen molar-refractivity contribution < 1.29 is 14.7 Å². The highest BCUT2D eigenvalue weighted by Crippen LogP contribution is 2.19. The van der Waals surface area contributed by atoms with E-state index >= 15 is 0 Å². The van der Waals surface area contributed by atoms with Gasteiger partial charge in [0.2, 0.25) is 5.91 Å². The molecule has 0 saturated carbocycles. The van der Waals surface area contributed by atoms with E-state index in [0.717, 1.165) is 23.4 Å². The van der Waals surface area contributed by atoms with Crippen LogP contribution in [0.4, 0.5) is 0 Å². The lowest BCUT2D eigenvalue weighted by atomic mass is 9.98. The minimum Gasteiger partial charge on any atom is -0.481 e. The van der Waals surface area contributed by atoms with Gasteiger partial charge < -0.3 is 10.0 Å². The summed E-state index contributed by atoms with van der Waals surface area (Å²) in [7, 11) is 0. The molecule has 1 fully saturated rings. The lowest BCUT2D eigenvalue weighted by molar-refractivity contribution is -0.145. The maximum absolute atomic E-state index is 12.5. The summed E-state index contributed by atoms with van der Waals surface area (Å²) >= 11 is 0. The van der Waals surface area contributed by atoms with E-state index in [0.29, 0.717) is 18.7 Å². The second kappa shape index (κ2) is 7.04. The molecule has 1 saturated heterocycles. The van der Waals surface area contributed by atoms with E-state index in [1.165, 1.54) is 0 Å². The Morgan fingerprint density at radius 1 is 1.24 bits per heavy atom. The van der Waals surface area contributed by atoms with Gasteiger partial charge in [0.25, 0.3) is 0 Å². The van der Waals surface area contributed by atoms with Crippen molar-refractivity contribution in [3.63, 3.8) is 0 Å². The predicted molar refractivity (Wildman–Crippen MR) is 91.5 cm³/mol. The van der Waals surface area contributed by atoms with E-state index in [1.807, 2.05) is 38.1 Å². The first kappa shape index (κ1) is 17.1. The van der Waals surface area contributed by atoms with Gasteiger partial charge in [0.15, 0.2) is 0 Å². The molecule has 1 unspecified atom stereocenters. The quantitative estimate of drug-likeness (QED) is 0.914. The Kier molecular flexibility index (Phi) is 4.83. The van der Waals surface area contributed by atoms with Crippen LogP contribution >= 0.6 is 0 Å². The first-order valence-electron chi connectivity index (χ1n) is 8.44. The summed E-state index contributed by atoms with van der Waals surface area (Å²) < 4.78 is 1.72. The standard InChI is InChI=1S/C18H22N4O3/c1-12-5-7-15(8-6-12)22-13(2)16(19-20-22)10-17(23)21-9-3-4-14(11-21)18(24)25/h5-8,14H,3-4,9-11H2,1-2H3,(H,24,25). The largest absolute Gasteiger partial charge is 0.481 e. The fourth-order valence-electron chi connectivity index (χ4n) is 3.12. The molecule has 1 N–H and O–H groups in total. The van der Waals surface area contributed by atoms with Crippen molar-refractivity contribution in [2.45, 2.75) is 33.1 Å². The normalized spacial score (nSPS) is 17.5. The molecule has 1 amide bonds. The number of carboxylic acids is 1. The molecular weight excluding hydrogens is 320 g/mol. The number of piperidine rings is 1. The summed E-state index contributed by atoms with van der Waals surface area (Å²) in [5.41, 5.74) is 3.51. The Balaban J connectivity index is 1.72. The van der Waals surface area contributed by atoms with Crippen molar-refractivity contribution in [2.75, 3.05) is 13.1 Å². The van der Waals surface area contributed by atoms with E-state index in [4.69, 9.17) is 5.11 Å². The van der Waals surface area contributed by atoms with Crippen LogP contribution in [0.5, 0.6) is 0 Å². The Morgan fingerprint density at radius 3 is 2.64 bits per heavy atom. The van der Waals surface area contributed by atoms with Gasteiger partial charge in [0.1, 0.15) is 0 Å². The highest BCUT2D eigenvalue weighted by molar-refractivity contribution is 5.80. The number of aromatic nitrogens is 3. The molecule has 0 radical (unpaired) electrons. The van der Waals surface area contributed by atoms with E-state index in [2.05, 4.69) is 10.3 Å². The van der Waals surface area contributed by atoms with Gasteiger partial charge >= 0.3 is 5.97 Å². The average Bonchev–Trinajstić information content (AvgIpc) is 2.96. The van der Waals surface area contributed by atoms with Crippen LogP contribution in [0.15, 0.2) is 24.3 Å². The summed E-state index contributed by atoms with van der Waals surface area (Å²) in [6.45, 7) is 4.79. The highest BCUT2D eigenvalue weighted by atomic mass is 16.4. The summed E-state index contributed by atoms with van der Waals surface area (Å²) in [5.74, 6) is -1.40. The second-order valence-electron chi connectivity index (χ2n) is 6.56. The summed E-state index contributed by atoms with van der Waals surface area (Å²) in [4.78, 5) is 25.3. The van der Waals surface area contributed by atoms with Gasteiger partial charge in [0.05, 0.1) is 29.4 Å². The molecule has 1 aromatic carbocycles. The number of hydrogen-bond acceptors (Lipinski definition) is 4.